The number of fused-ring (bicyclic) bond motifs is 1. The fourth-order valence-corrected chi connectivity index (χ4v) is 6.25. The number of benzene rings is 3. The number of ether oxygens (including phenoxy) is 3. The van der Waals surface area contributed by atoms with Crippen molar-refractivity contribution in [3.05, 3.63) is 89.0 Å². The number of hydrogen-bond donors (Lipinski definition) is 2. The van der Waals surface area contributed by atoms with Crippen molar-refractivity contribution >= 4 is 5.69 Å². The van der Waals surface area contributed by atoms with E-state index in [1.54, 1.807) is 7.11 Å². The minimum atomic E-state index is 0.391. The van der Waals surface area contributed by atoms with E-state index in [1.807, 2.05) is 24.3 Å². The number of likely N-dealkylation sites (N-methyl/N-ethyl adjacent to an activating group) is 1. The van der Waals surface area contributed by atoms with Crippen LogP contribution in [0, 0.1) is 0 Å². The Morgan fingerprint density at radius 2 is 1.88 bits per heavy atom. The summed E-state index contributed by atoms with van der Waals surface area (Å²) in [7, 11) is 6.00. The highest BCUT2D eigenvalue weighted by Gasteiger charge is 2.26. The zero-order valence-corrected chi connectivity index (χ0v) is 26.3. The van der Waals surface area contributed by atoms with Gasteiger partial charge < -0.3 is 34.6 Å². The van der Waals surface area contributed by atoms with Gasteiger partial charge in [-0.15, -0.1) is 0 Å². The van der Waals surface area contributed by atoms with E-state index in [2.05, 4.69) is 77.0 Å². The van der Waals surface area contributed by atoms with Crippen molar-refractivity contribution in [1.29, 1.82) is 0 Å². The minimum Gasteiger partial charge on any atom is -0.496 e. The molecule has 232 valence electrons. The van der Waals surface area contributed by atoms with Crippen molar-refractivity contribution in [3.8, 4) is 11.5 Å². The SMILES string of the molecule is COc1ccccc1COCCCOc1ccc([C@H]2CCNC[C@H]2NCc2ccc3c(c2)N(CCN(C)C)CCC3)cc1. The second kappa shape index (κ2) is 16.1. The predicted octanol–water partition coefficient (Wildman–Crippen LogP) is 5.23. The van der Waals surface area contributed by atoms with Crippen molar-refractivity contribution in [2.75, 3.05) is 72.0 Å². The maximum absolute atomic E-state index is 6.02. The van der Waals surface area contributed by atoms with Crippen molar-refractivity contribution in [2.45, 2.75) is 50.8 Å². The number of anilines is 1. The van der Waals surface area contributed by atoms with Gasteiger partial charge in [-0.2, -0.15) is 0 Å². The van der Waals surface area contributed by atoms with Crippen molar-refractivity contribution < 1.29 is 14.2 Å². The van der Waals surface area contributed by atoms with Gasteiger partial charge in [-0.05, 0) is 80.9 Å². The lowest BCUT2D eigenvalue weighted by molar-refractivity contribution is 0.105. The van der Waals surface area contributed by atoms with Gasteiger partial charge in [0, 0.05) is 62.4 Å². The summed E-state index contributed by atoms with van der Waals surface area (Å²) in [5.74, 6) is 2.26. The Kier molecular flexibility index (Phi) is 11.7. The molecule has 43 heavy (non-hydrogen) atoms. The smallest absolute Gasteiger partial charge is 0.124 e. The lowest BCUT2D eigenvalue weighted by Crippen LogP contribution is -2.47. The average Bonchev–Trinajstić information content (AvgIpc) is 3.05. The molecular weight excluding hydrogens is 536 g/mol. The standard InChI is InChI=1S/C36H50N4O3/c1-39(2)20-21-40-19-6-9-30-12-11-28(24-35(30)40)25-38-34-26-37-18-17-33(34)29-13-15-32(16-14-29)43-23-7-22-42-27-31-8-4-5-10-36(31)41-3/h4-5,8,10-16,24,33-34,37-38H,6-7,9,17-23,25-27H2,1-3H3/t33-,34-/m1/s1. The first kappa shape index (κ1) is 31.3. The third-order valence-corrected chi connectivity index (χ3v) is 8.69. The van der Waals surface area contributed by atoms with Gasteiger partial charge in [0.1, 0.15) is 11.5 Å². The highest BCUT2D eigenvalue weighted by molar-refractivity contribution is 5.57. The Bertz CT molecular complexity index is 1270. The van der Waals surface area contributed by atoms with Crippen LogP contribution in [-0.2, 0) is 24.3 Å². The first-order valence-electron chi connectivity index (χ1n) is 16.0. The van der Waals surface area contributed by atoms with E-state index in [0.29, 0.717) is 31.8 Å². The normalized spacial score (nSPS) is 18.5. The second-order valence-electron chi connectivity index (χ2n) is 12.1. The Hall–Kier alpha value is -3.10. The number of hydrogen-bond acceptors (Lipinski definition) is 7. The summed E-state index contributed by atoms with van der Waals surface area (Å²) in [6.45, 7) is 8.08. The molecule has 3 aromatic carbocycles. The topological polar surface area (TPSA) is 58.2 Å². The van der Waals surface area contributed by atoms with Crippen molar-refractivity contribution in [2.24, 2.45) is 0 Å². The molecule has 2 N–H and O–H groups in total. The summed E-state index contributed by atoms with van der Waals surface area (Å²) in [6.07, 6.45) is 4.40. The molecule has 3 aromatic rings. The number of piperidine rings is 1. The lowest BCUT2D eigenvalue weighted by atomic mass is 9.86. The fourth-order valence-electron chi connectivity index (χ4n) is 6.25. The highest BCUT2D eigenvalue weighted by atomic mass is 16.5. The molecule has 0 amide bonds. The van der Waals surface area contributed by atoms with Crippen LogP contribution in [0.4, 0.5) is 5.69 Å². The Balaban J connectivity index is 1.09. The van der Waals surface area contributed by atoms with Gasteiger partial charge in [0.15, 0.2) is 0 Å². The molecule has 5 rings (SSSR count). The van der Waals surface area contributed by atoms with Crippen LogP contribution in [0.2, 0.25) is 0 Å². The van der Waals surface area contributed by atoms with Crippen LogP contribution in [0.15, 0.2) is 66.7 Å². The molecule has 0 aromatic heterocycles. The molecule has 7 nitrogen and oxygen atoms in total. The third-order valence-electron chi connectivity index (χ3n) is 8.69. The molecule has 2 atom stereocenters. The van der Waals surface area contributed by atoms with Gasteiger partial charge in [-0.25, -0.2) is 0 Å². The van der Waals surface area contributed by atoms with Gasteiger partial charge in [0.2, 0.25) is 0 Å². The maximum atomic E-state index is 6.02. The van der Waals surface area contributed by atoms with E-state index in [0.717, 1.165) is 69.2 Å². The van der Waals surface area contributed by atoms with Crippen LogP contribution in [0.25, 0.3) is 0 Å². The van der Waals surface area contributed by atoms with E-state index in [9.17, 15) is 0 Å². The molecule has 1 fully saturated rings. The zero-order chi connectivity index (χ0) is 29.9. The van der Waals surface area contributed by atoms with Gasteiger partial charge in [-0.3, -0.25) is 0 Å². The monoisotopic (exact) mass is 586 g/mol. The number of methoxy groups -OCH3 is 1. The van der Waals surface area contributed by atoms with Gasteiger partial charge in [0.25, 0.3) is 0 Å². The number of rotatable bonds is 15. The van der Waals surface area contributed by atoms with Crippen molar-refractivity contribution in [3.63, 3.8) is 0 Å². The quantitative estimate of drug-likeness (QED) is 0.237. The van der Waals surface area contributed by atoms with E-state index >= 15 is 0 Å². The summed E-state index contributed by atoms with van der Waals surface area (Å²) in [6, 6.07) is 24.2. The summed E-state index contributed by atoms with van der Waals surface area (Å²) < 4.78 is 17.3. The van der Waals surface area contributed by atoms with Crippen LogP contribution in [0.5, 0.6) is 11.5 Å². The van der Waals surface area contributed by atoms with Crippen LogP contribution >= 0.6 is 0 Å². The van der Waals surface area contributed by atoms with Crippen LogP contribution in [-0.4, -0.2) is 78.1 Å². The molecule has 2 heterocycles. The molecular formula is C36H50N4O3. The summed E-state index contributed by atoms with van der Waals surface area (Å²) in [4.78, 5) is 4.85. The Morgan fingerprint density at radius 3 is 2.72 bits per heavy atom. The summed E-state index contributed by atoms with van der Waals surface area (Å²) >= 11 is 0. The largest absolute Gasteiger partial charge is 0.496 e. The molecule has 0 aliphatic carbocycles. The van der Waals surface area contributed by atoms with E-state index < -0.39 is 0 Å². The second-order valence-corrected chi connectivity index (χ2v) is 12.1. The van der Waals surface area contributed by atoms with E-state index in [-0.39, 0.29) is 0 Å². The van der Waals surface area contributed by atoms with Gasteiger partial charge in [0.05, 0.1) is 26.9 Å². The molecule has 0 saturated carbocycles. The molecule has 0 bridgehead atoms. The molecule has 2 aliphatic rings. The number of para-hydroxylation sites is 1. The third kappa shape index (κ3) is 8.96. The van der Waals surface area contributed by atoms with Gasteiger partial charge in [-0.1, -0.05) is 42.5 Å². The Labute approximate surface area is 258 Å². The lowest BCUT2D eigenvalue weighted by Gasteiger charge is -2.34. The molecule has 0 unspecified atom stereocenters. The maximum Gasteiger partial charge on any atom is 0.124 e. The van der Waals surface area contributed by atoms with Crippen LogP contribution < -0.4 is 25.0 Å². The molecule has 7 heteroatoms. The van der Waals surface area contributed by atoms with E-state index in [1.165, 1.54) is 35.2 Å². The van der Waals surface area contributed by atoms with Crippen LogP contribution in [0.3, 0.4) is 0 Å². The highest BCUT2D eigenvalue weighted by Crippen LogP contribution is 2.30. The summed E-state index contributed by atoms with van der Waals surface area (Å²) in [5.41, 5.74) is 6.75. The average molecular weight is 587 g/mol. The molecule has 1 saturated heterocycles. The van der Waals surface area contributed by atoms with Gasteiger partial charge >= 0.3 is 0 Å². The number of nitrogens with zero attached hydrogens (tertiary/aromatic N) is 2. The molecule has 0 radical (unpaired) electrons. The van der Waals surface area contributed by atoms with Crippen molar-refractivity contribution in [1.82, 2.24) is 15.5 Å². The van der Waals surface area contributed by atoms with E-state index in [4.69, 9.17) is 14.2 Å². The van der Waals surface area contributed by atoms with Crippen LogP contribution in [0.1, 0.15) is 47.4 Å². The fraction of sp³-hybridized carbons (Fsp3) is 0.500. The molecule has 0 spiro atoms. The predicted molar refractivity (Wildman–Crippen MR) is 176 cm³/mol. The Morgan fingerprint density at radius 1 is 1.02 bits per heavy atom. The minimum absolute atomic E-state index is 0.391. The number of nitrogens with one attached hydrogen (secondary N) is 2. The number of aryl methyl sites for hydroxylation is 1. The molecule has 2 aliphatic heterocycles. The zero-order valence-electron chi connectivity index (χ0n) is 26.3. The first-order chi connectivity index (χ1) is 21.1. The summed E-state index contributed by atoms with van der Waals surface area (Å²) in [5, 5.41) is 7.51. The first-order valence-corrected chi connectivity index (χ1v) is 16.0.